The predicted molar refractivity (Wildman–Crippen MR) is 98.1 cm³/mol. The number of carbonyl (C=O) groups excluding carboxylic acids is 3. The largest absolute Gasteiger partial charge is 0.452 e. The maximum absolute atomic E-state index is 12.1. The maximum atomic E-state index is 12.1. The van der Waals surface area contributed by atoms with Gasteiger partial charge < -0.3 is 15.0 Å². The molecule has 134 valence electrons. The molecule has 0 aromatic heterocycles. The van der Waals surface area contributed by atoms with Crippen molar-refractivity contribution in [3.05, 3.63) is 59.7 Å². The van der Waals surface area contributed by atoms with Gasteiger partial charge in [0.2, 0.25) is 5.91 Å². The van der Waals surface area contributed by atoms with E-state index in [1.165, 1.54) is 0 Å². The van der Waals surface area contributed by atoms with Crippen molar-refractivity contribution in [2.45, 2.75) is 19.8 Å². The highest BCUT2D eigenvalue weighted by atomic mass is 16.5. The molecule has 1 fully saturated rings. The summed E-state index contributed by atoms with van der Waals surface area (Å²) >= 11 is 0. The summed E-state index contributed by atoms with van der Waals surface area (Å²) in [6.45, 7) is 2.29. The molecule has 0 bridgehead atoms. The number of nitrogens with zero attached hydrogens (tertiary/aromatic N) is 1. The molecule has 1 N–H and O–H groups in total. The molecule has 2 aromatic rings. The number of ether oxygens (including phenoxy) is 1. The van der Waals surface area contributed by atoms with Crippen LogP contribution in [0.3, 0.4) is 0 Å². The van der Waals surface area contributed by atoms with E-state index in [-0.39, 0.29) is 12.5 Å². The fraction of sp³-hybridized carbons (Fsp3) is 0.250. The summed E-state index contributed by atoms with van der Waals surface area (Å²) in [5.41, 5.74) is 2.84. The molecule has 3 rings (SSSR count). The first kappa shape index (κ1) is 17.7. The lowest BCUT2D eigenvalue weighted by Gasteiger charge is -2.15. The number of carbonyl (C=O) groups is 3. The predicted octanol–water partition coefficient (Wildman–Crippen LogP) is 2.92. The van der Waals surface area contributed by atoms with Crippen LogP contribution in [0.15, 0.2) is 48.5 Å². The maximum Gasteiger partial charge on any atom is 0.338 e. The molecule has 1 heterocycles. The molecule has 0 aliphatic carbocycles. The van der Waals surface area contributed by atoms with E-state index in [0.717, 1.165) is 17.7 Å². The molecule has 6 heteroatoms. The van der Waals surface area contributed by atoms with Crippen molar-refractivity contribution in [3.63, 3.8) is 0 Å². The van der Waals surface area contributed by atoms with Crippen molar-refractivity contribution in [2.24, 2.45) is 0 Å². The third-order valence-corrected chi connectivity index (χ3v) is 4.16. The number of hydrogen-bond acceptors (Lipinski definition) is 4. The molecule has 1 aliphatic rings. The number of esters is 1. The Kier molecular flexibility index (Phi) is 5.31. The van der Waals surface area contributed by atoms with Gasteiger partial charge in [-0.2, -0.15) is 0 Å². The summed E-state index contributed by atoms with van der Waals surface area (Å²) in [7, 11) is 0. The molecule has 6 nitrogen and oxygen atoms in total. The Labute approximate surface area is 151 Å². The number of rotatable bonds is 5. The molecule has 0 radical (unpaired) electrons. The minimum absolute atomic E-state index is 0.0908. The summed E-state index contributed by atoms with van der Waals surface area (Å²) in [5, 5.41) is 2.67. The third kappa shape index (κ3) is 4.27. The fourth-order valence-corrected chi connectivity index (χ4v) is 2.75. The molecule has 26 heavy (non-hydrogen) atoms. The van der Waals surface area contributed by atoms with E-state index in [1.54, 1.807) is 41.3 Å². The lowest BCUT2D eigenvalue weighted by Crippen LogP contribution is -2.23. The second kappa shape index (κ2) is 7.82. The second-order valence-electron chi connectivity index (χ2n) is 6.19. The van der Waals surface area contributed by atoms with E-state index in [0.29, 0.717) is 24.2 Å². The summed E-state index contributed by atoms with van der Waals surface area (Å²) in [4.78, 5) is 37.4. The third-order valence-electron chi connectivity index (χ3n) is 4.16. The number of aryl methyl sites for hydroxylation is 1. The Hall–Kier alpha value is -3.15. The van der Waals surface area contributed by atoms with Crippen molar-refractivity contribution >= 4 is 29.2 Å². The van der Waals surface area contributed by atoms with E-state index in [4.69, 9.17) is 4.74 Å². The summed E-state index contributed by atoms with van der Waals surface area (Å²) in [6.07, 6.45) is 1.40. The number of benzene rings is 2. The minimum Gasteiger partial charge on any atom is -0.452 e. The molecule has 0 atom stereocenters. The van der Waals surface area contributed by atoms with Crippen LogP contribution in [0.1, 0.15) is 28.8 Å². The Balaban J connectivity index is 1.52. The van der Waals surface area contributed by atoms with Gasteiger partial charge in [-0.25, -0.2) is 4.79 Å². The first-order valence-corrected chi connectivity index (χ1v) is 8.47. The van der Waals surface area contributed by atoms with E-state index < -0.39 is 11.9 Å². The first-order chi connectivity index (χ1) is 12.5. The number of hydrogen-bond donors (Lipinski definition) is 1. The Morgan fingerprint density at radius 1 is 1.08 bits per heavy atom. The van der Waals surface area contributed by atoms with Crippen LogP contribution in [-0.4, -0.2) is 30.9 Å². The number of amides is 2. The highest BCUT2D eigenvalue weighted by Crippen LogP contribution is 2.21. The van der Waals surface area contributed by atoms with Gasteiger partial charge in [0.15, 0.2) is 6.61 Å². The monoisotopic (exact) mass is 352 g/mol. The zero-order valence-electron chi connectivity index (χ0n) is 14.5. The highest BCUT2D eigenvalue weighted by Gasteiger charge is 2.21. The normalized spacial score (nSPS) is 13.6. The molecule has 1 saturated heterocycles. The number of nitrogens with one attached hydrogen (secondary N) is 1. The minimum atomic E-state index is -0.580. The summed E-state index contributed by atoms with van der Waals surface area (Å²) in [5.74, 6) is -0.891. The standard InChI is InChI=1S/C20H20N2O4/c1-14-4-8-16(9-5-14)21-18(23)13-26-20(25)15-6-10-17(11-7-15)22-12-2-3-19(22)24/h4-11H,2-3,12-13H2,1H3,(H,21,23). The molecule has 0 unspecified atom stereocenters. The summed E-state index contributed by atoms with van der Waals surface area (Å²) < 4.78 is 5.04. The molecule has 0 spiro atoms. The topological polar surface area (TPSA) is 75.7 Å². The average Bonchev–Trinajstić information content (AvgIpc) is 3.08. The van der Waals surface area contributed by atoms with Crippen molar-refractivity contribution in [1.29, 1.82) is 0 Å². The van der Waals surface area contributed by atoms with Crippen LogP contribution < -0.4 is 10.2 Å². The van der Waals surface area contributed by atoms with Crippen molar-refractivity contribution in [3.8, 4) is 0 Å². The summed E-state index contributed by atoms with van der Waals surface area (Å²) in [6, 6.07) is 14.0. The SMILES string of the molecule is Cc1ccc(NC(=O)COC(=O)c2ccc(N3CCCC3=O)cc2)cc1. The van der Waals surface area contributed by atoms with E-state index in [9.17, 15) is 14.4 Å². The number of anilines is 2. The van der Waals surface area contributed by atoms with Gasteiger partial charge in [-0.15, -0.1) is 0 Å². The van der Waals surface area contributed by atoms with E-state index >= 15 is 0 Å². The van der Waals surface area contributed by atoms with Gasteiger partial charge in [0, 0.05) is 24.3 Å². The van der Waals surface area contributed by atoms with E-state index in [2.05, 4.69) is 5.32 Å². The fourth-order valence-electron chi connectivity index (χ4n) is 2.75. The van der Waals surface area contributed by atoms with Gasteiger partial charge in [0.25, 0.3) is 5.91 Å². The molecular weight excluding hydrogens is 332 g/mol. The molecule has 0 saturated carbocycles. The zero-order chi connectivity index (χ0) is 18.5. The van der Waals surface area contributed by atoms with Gasteiger partial charge in [-0.1, -0.05) is 17.7 Å². The lowest BCUT2D eigenvalue weighted by molar-refractivity contribution is -0.119. The quantitative estimate of drug-likeness (QED) is 0.840. The van der Waals surface area contributed by atoms with Crippen molar-refractivity contribution < 1.29 is 19.1 Å². The second-order valence-corrected chi connectivity index (χ2v) is 6.19. The van der Waals surface area contributed by atoms with Crippen molar-refractivity contribution in [2.75, 3.05) is 23.4 Å². The van der Waals surface area contributed by atoms with Crippen LogP contribution in [0.4, 0.5) is 11.4 Å². The molecule has 1 aliphatic heterocycles. The van der Waals surface area contributed by atoms with Gasteiger partial charge in [0.1, 0.15) is 0 Å². The van der Waals surface area contributed by atoms with Crippen molar-refractivity contribution in [1.82, 2.24) is 0 Å². The van der Waals surface area contributed by atoms with Gasteiger partial charge >= 0.3 is 5.97 Å². The van der Waals surface area contributed by atoms with Crippen LogP contribution in [0.25, 0.3) is 0 Å². The smallest absolute Gasteiger partial charge is 0.338 e. The van der Waals surface area contributed by atoms with E-state index in [1.807, 2.05) is 19.1 Å². The highest BCUT2D eigenvalue weighted by molar-refractivity contribution is 5.97. The van der Waals surface area contributed by atoms with Crippen LogP contribution in [0.2, 0.25) is 0 Å². The Morgan fingerprint density at radius 2 is 1.77 bits per heavy atom. The van der Waals surface area contributed by atoms with Gasteiger partial charge in [-0.3, -0.25) is 9.59 Å². The van der Waals surface area contributed by atoms with Crippen LogP contribution in [-0.2, 0) is 14.3 Å². The van der Waals surface area contributed by atoms with Crippen LogP contribution >= 0.6 is 0 Å². The lowest BCUT2D eigenvalue weighted by atomic mass is 10.2. The zero-order valence-corrected chi connectivity index (χ0v) is 14.5. The Morgan fingerprint density at radius 3 is 2.38 bits per heavy atom. The molecule has 2 amide bonds. The van der Waals surface area contributed by atoms with Crippen LogP contribution in [0, 0.1) is 6.92 Å². The van der Waals surface area contributed by atoms with Gasteiger partial charge in [-0.05, 0) is 49.7 Å². The first-order valence-electron chi connectivity index (χ1n) is 8.47. The van der Waals surface area contributed by atoms with Gasteiger partial charge in [0.05, 0.1) is 5.56 Å². The molecular formula is C20H20N2O4. The Bertz CT molecular complexity index is 813. The molecule has 2 aromatic carbocycles. The average molecular weight is 352 g/mol. The van der Waals surface area contributed by atoms with Crippen LogP contribution in [0.5, 0.6) is 0 Å².